The smallest absolute Gasteiger partial charge is 0.325 e. The van der Waals surface area contributed by atoms with Crippen LogP contribution in [0.2, 0.25) is 0 Å². The molecule has 0 bridgehead atoms. The number of nitrogens with zero attached hydrogens (tertiary/aromatic N) is 5. The van der Waals surface area contributed by atoms with Crippen molar-refractivity contribution < 1.29 is 38.2 Å². The summed E-state index contributed by atoms with van der Waals surface area (Å²) in [5.74, 6) is -2.50. The second kappa shape index (κ2) is 15.9. The number of carbonyl (C=O) groups excluding carboxylic acids is 5. The van der Waals surface area contributed by atoms with E-state index >= 15 is 0 Å². The van der Waals surface area contributed by atoms with Gasteiger partial charge in [-0.15, -0.1) is 0 Å². The zero-order valence-corrected chi connectivity index (χ0v) is 26.1. The molecule has 2 aromatic rings. The lowest BCUT2D eigenvalue weighted by molar-refractivity contribution is -0.161. The predicted molar refractivity (Wildman–Crippen MR) is 163 cm³/mol. The molecule has 4 rings (SSSR count). The number of rotatable bonds is 12. The van der Waals surface area contributed by atoms with Crippen LogP contribution in [0.25, 0.3) is 0 Å². The van der Waals surface area contributed by atoms with Crippen LogP contribution in [-0.2, 0) is 39.9 Å². The van der Waals surface area contributed by atoms with Crippen LogP contribution in [-0.4, -0.2) is 122 Å². The Balaban J connectivity index is 1.53. The minimum absolute atomic E-state index is 0.0672. The maximum atomic E-state index is 14.2. The number of esters is 2. The Hall–Kier alpha value is -4.68. The van der Waals surface area contributed by atoms with Crippen molar-refractivity contribution in [3.05, 3.63) is 54.4 Å². The number of hydrogen-bond acceptors (Lipinski definition) is 10. The van der Waals surface area contributed by atoms with Gasteiger partial charge in [0.25, 0.3) is 0 Å². The number of aromatic nitrogens is 1. The molecule has 3 amide bonds. The summed E-state index contributed by atoms with van der Waals surface area (Å²) in [6.07, 6.45) is 3.27. The number of methoxy groups -OCH3 is 2. The number of amides is 3. The van der Waals surface area contributed by atoms with Gasteiger partial charge in [-0.2, -0.15) is 0 Å². The fraction of sp³-hybridized carbons (Fsp3) is 0.500. The normalized spacial score (nSPS) is 17.5. The molecule has 2 fully saturated rings. The number of ether oxygens (including phenoxy) is 3. The van der Waals surface area contributed by atoms with Crippen LogP contribution in [0, 0.1) is 5.92 Å². The molecule has 13 nitrogen and oxygen atoms in total. The summed E-state index contributed by atoms with van der Waals surface area (Å²) in [5, 5.41) is 0. The van der Waals surface area contributed by atoms with E-state index in [1.54, 1.807) is 43.5 Å². The summed E-state index contributed by atoms with van der Waals surface area (Å²) in [4.78, 5) is 76.6. The van der Waals surface area contributed by atoms with Crippen LogP contribution >= 0.6 is 0 Å². The van der Waals surface area contributed by atoms with Gasteiger partial charge in [0.1, 0.15) is 18.3 Å². The number of carbonyl (C=O) groups is 5. The molecule has 1 unspecified atom stereocenters. The van der Waals surface area contributed by atoms with E-state index in [1.807, 2.05) is 24.3 Å². The highest BCUT2D eigenvalue weighted by molar-refractivity contribution is 5.95. The molecular formula is C32H41N5O8. The SMILES string of the molecule is CCOC(=O)CN1CCN(C(=O)[C@H](CC(=O)N2CCN(c3ccncc3)CC2)Cc2ccc(OC)cc2)C(CC(=O)OC)C1=O. The first-order chi connectivity index (χ1) is 21.7. The molecule has 2 atom stereocenters. The van der Waals surface area contributed by atoms with E-state index in [-0.39, 0.29) is 51.4 Å². The Morgan fingerprint density at radius 2 is 1.60 bits per heavy atom. The maximum absolute atomic E-state index is 14.2. The Labute approximate surface area is 263 Å². The van der Waals surface area contributed by atoms with E-state index in [4.69, 9.17) is 14.2 Å². The lowest BCUT2D eigenvalue weighted by atomic mass is 9.92. The fourth-order valence-corrected chi connectivity index (χ4v) is 5.70. The average molecular weight is 624 g/mol. The topological polar surface area (TPSA) is 139 Å². The molecule has 2 aliphatic rings. The number of anilines is 1. The molecule has 1 aromatic heterocycles. The third-order valence-electron chi connectivity index (χ3n) is 8.15. The van der Waals surface area contributed by atoms with Crippen molar-refractivity contribution in [3.8, 4) is 5.75 Å². The van der Waals surface area contributed by atoms with E-state index < -0.39 is 35.7 Å². The van der Waals surface area contributed by atoms with Crippen LogP contribution in [0.5, 0.6) is 5.75 Å². The molecule has 242 valence electrons. The summed E-state index contributed by atoms with van der Waals surface area (Å²) in [6.45, 7) is 4.01. The van der Waals surface area contributed by atoms with Crippen molar-refractivity contribution in [1.82, 2.24) is 19.7 Å². The largest absolute Gasteiger partial charge is 0.497 e. The van der Waals surface area contributed by atoms with Crippen molar-refractivity contribution >= 4 is 35.3 Å². The van der Waals surface area contributed by atoms with Crippen molar-refractivity contribution in [2.24, 2.45) is 5.92 Å². The van der Waals surface area contributed by atoms with Gasteiger partial charge < -0.3 is 33.8 Å². The second-order valence-corrected chi connectivity index (χ2v) is 10.9. The molecule has 0 spiro atoms. The standard InChI is InChI=1S/C32H41N5O8/c1-4-45-30(40)22-36-17-18-37(27(32(36)42)21-29(39)44-3)31(41)24(19-23-5-7-26(43-2)8-6-23)20-28(38)35-15-13-34(14-16-35)25-9-11-33-12-10-25/h5-12,24,27H,4,13-22H2,1-3H3/t24-,27?/m0/s1. The molecule has 0 N–H and O–H groups in total. The lowest BCUT2D eigenvalue weighted by Crippen LogP contribution is -2.61. The number of hydrogen-bond donors (Lipinski definition) is 0. The quantitative estimate of drug-likeness (QED) is 0.317. The summed E-state index contributed by atoms with van der Waals surface area (Å²) in [7, 11) is 2.77. The summed E-state index contributed by atoms with van der Waals surface area (Å²) >= 11 is 0. The van der Waals surface area contributed by atoms with E-state index in [0.717, 1.165) is 11.3 Å². The number of benzene rings is 1. The molecule has 2 aliphatic heterocycles. The minimum atomic E-state index is -1.18. The molecule has 0 saturated carbocycles. The van der Waals surface area contributed by atoms with E-state index in [0.29, 0.717) is 31.9 Å². The van der Waals surface area contributed by atoms with Gasteiger partial charge in [-0.1, -0.05) is 12.1 Å². The molecule has 0 aliphatic carbocycles. The zero-order chi connectivity index (χ0) is 32.3. The fourth-order valence-electron chi connectivity index (χ4n) is 5.70. The molecule has 3 heterocycles. The van der Waals surface area contributed by atoms with Gasteiger partial charge in [-0.25, -0.2) is 0 Å². The molecule has 13 heteroatoms. The zero-order valence-electron chi connectivity index (χ0n) is 26.1. The Morgan fingerprint density at radius 3 is 2.22 bits per heavy atom. The first kappa shape index (κ1) is 33.2. The van der Waals surface area contributed by atoms with E-state index in [2.05, 4.69) is 9.88 Å². The van der Waals surface area contributed by atoms with Crippen LogP contribution < -0.4 is 9.64 Å². The Bertz CT molecular complexity index is 1330. The molecular weight excluding hydrogens is 582 g/mol. The van der Waals surface area contributed by atoms with Crippen molar-refractivity contribution in [3.63, 3.8) is 0 Å². The summed E-state index contributed by atoms with van der Waals surface area (Å²) in [6, 6.07) is 9.94. The lowest BCUT2D eigenvalue weighted by Gasteiger charge is -2.41. The highest BCUT2D eigenvalue weighted by Crippen LogP contribution is 2.25. The first-order valence-electron chi connectivity index (χ1n) is 15.1. The van der Waals surface area contributed by atoms with Gasteiger partial charge in [0.15, 0.2) is 0 Å². The highest BCUT2D eigenvalue weighted by atomic mass is 16.5. The molecule has 2 saturated heterocycles. The molecule has 1 aromatic carbocycles. The summed E-state index contributed by atoms with van der Waals surface area (Å²) in [5.41, 5.74) is 1.86. The van der Waals surface area contributed by atoms with Crippen LogP contribution in [0.3, 0.4) is 0 Å². The Morgan fingerprint density at radius 1 is 0.911 bits per heavy atom. The van der Waals surface area contributed by atoms with Crippen molar-refractivity contribution in [2.75, 3.05) is 71.5 Å². The second-order valence-electron chi connectivity index (χ2n) is 10.9. The molecule has 0 radical (unpaired) electrons. The van der Waals surface area contributed by atoms with Gasteiger partial charge in [-0.05, 0) is 43.2 Å². The van der Waals surface area contributed by atoms with E-state index in [1.165, 1.54) is 16.9 Å². The summed E-state index contributed by atoms with van der Waals surface area (Å²) < 4.78 is 15.1. The van der Waals surface area contributed by atoms with Crippen LogP contribution in [0.15, 0.2) is 48.8 Å². The predicted octanol–water partition coefficient (Wildman–Crippen LogP) is 1.15. The Kier molecular flexibility index (Phi) is 11.7. The van der Waals surface area contributed by atoms with Crippen LogP contribution in [0.4, 0.5) is 5.69 Å². The van der Waals surface area contributed by atoms with Gasteiger partial charge in [0.05, 0.1) is 33.2 Å². The van der Waals surface area contributed by atoms with Crippen molar-refractivity contribution in [2.45, 2.75) is 32.2 Å². The highest BCUT2D eigenvalue weighted by Gasteiger charge is 2.42. The third-order valence-corrected chi connectivity index (χ3v) is 8.15. The van der Waals surface area contributed by atoms with E-state index in [9.17, 15) is 24.0 Å². The van der Waals surface area contributed by atoms with Crippen LogP contribution in [0.1, 0.15) is 25.3 Å². The average Bonchev–Trinajstić information content (AvgIpc) is 3.06. The van der Waals surface area contributed by atoms with Crippen molar-refractivity contribution in [1.29, 1.82) is 0 Å². The van der Waals surface area contributed by atoms with Gasteiger partial charge >= 0.3 is 11.9 Å². The maximum Gasteiger partial charge on any atom is 0.325 e. The number of piperazine rings is 2. The number of pyridine rings is 1. The van der Waals surface area contributed by atoms with Gasteiger partial charge in [0.2, 0.25) is 17.7 Å². The third kappa shape index (κ3) is 8.70. The van der Waals surface area contributed by atoms with Gasteiger partial charge in [0, 0.05) is 63.8 Å². The first-order valence-corrected chi connectivity index (χ1v) is 15.1. The minimum Gasteiger partial charge on any atom is -0.497 e. The monoisotopic (exact) mass is 623 g/mol. The molecule has 45 heavy (non-hydrogen) atoms. The van der Waals surface area contributed by atoms with Gasteiger partial charge in [-0.3, -0.25) is 29.0 Å².